The zero-order chi connectivity index (χ0) is 15.5. The van der Waals surface area contributed by atoms with Gasteiger partial charge < -0.3 is 15.8 Å². The molecule has 1 aliphatic heterocycles. The van der Waals surface area contributed by atoms with Crippen LogP contribution in [0.15, 0.2) is 48.5 Å². The molecule has 1 atom stereocenters. The lowest BCUT2D eigenvalue weighted by atomic mass is 9.96. The molecule has 112 valence electrons. The van der Waals surface area contributed by atoms with Gasteiger partial charge in [0.1, 0.15) is 12.4 Å². The third-order valence-electron chi connectivity index (χ3n) is 3.66. The Kier molecular flexibility index (Phi) is 3.78. The van der Waals surface area contributed by atoms with Crippen molar-refractivity contribution in [1.82, 2.24) is 0 Å². The smallest absolute Gasteiger partial charge is 0.248 e. The number of amides is 2. The third kappa shape index (κ3) is 2.93. The van der Waals surface area contributed by atoms with Crippen LogP contribution in [-0.4, -0.2) is 18.4 Å². The molecule has 0 bridgehead atoms. The predicted octanol–water partition coefficient (Wildman–Crippen LogP) is 1.98. The number of nitrogens with two attached hydrogens (primary N) is 1. The monoisotopic (exact) mass is 296 g/mol. The van der Waals surface area contributed by atoms with E-state index in [9.17, 15) is 9.59 Å². The quantitative estimate of drug-likeness (QED) is 0.908. The zero-order valence-corrected chi connectivity index (χ0v) is 11.9. The average Bonchev–Trinajstić information content (AvgIpc) is 2.54. The van der Waals surface area contributed by atoms with Crippen LogP contribution in [0.5, 0.6) is 5.75 Å². The highest BCUT2D eigenvalue weighted by atomic mass is 16.5. The average molecular weight is 296 g/mol. The number of hydrogen-bond acceptors (Lipinski definition) is 3. The van der Waals surface area contributed by atoms with E-state index in [0.717, 1.165) is 11.3 Å². The molecule has 3 N–H and O–H groups in total. The number of nitrogens with one attached hydrogen (secondary N) is 1. The molecule has 5 heteroatoms. The molecule has 2 aromatic carbocycles. The molecular weight excluding hydrogens is 280 g/mol. The number of ether oxygens (including phenoxy) is 1. The summed E-state index contributed by atoms with van der Waals surface area (Å²) in [5.41, 5.74) is 7.18. The van der Waals surface area contributed by atoms with Gasteiger partial charge in [0.15, 0.2) is 0 Å². The number of para-hydroxylation sites is 1. The molecule has 1 aliphatic rings. The van der Waals surface area contributed by atoms with Gasteiger partial charge in [-0.1, -0.05) is 24.3 Å². The van der Waals surface area contributed by atoms with E-state index >= 15 is 0 Å². The summed E-state index contributed by atoms with van der Waals surface area (Å²) in [4.78, 5) is 23.5. The van der Waals surface area contributed by atoms with Gasteiger partial charge in [0.2, 0.25) is 11.8 Å². The van der Waals surface area contributed by atoms with Gasteiger partial charge in [0.05, 0.1) is 5.92 Å². The lowest BCUT2D eigenvalue weighted by Gasteiger charge is -2.24. The van der Waals surface area contributed by atoms with Crippen LogP contribution >= 0.6 is 0 Å². The largest absolute Gasteiger partial charge is 0.492 e. The van der Waals surface area contributed by atoms with Crippen molar-refractivity contribution >= 4 is 17.5 Å². The highest BCUT2D eigenvalue weighted by molar-refractivity contribution is 5.97. The molecule has 0 saturated heterocycles. The Labute approximate surface area is 128 Å². The molecule has 0 spiro atoms. The molecule has 0 unspecified atom stereocenters. The fourth-order valence-electron chi connectivity index (χ4n) is 2.49. The molecule has 2 aromatic rings. The van der Waals surface area contributed by atoms with E-state index < -0.39 is 5.91 Å². The van der Waals surface area contributed by atoms with E-state index in [2.05, 4.69) is 5.32 Å². The van der Waals surface area contributed by atoms with Crippen molar-refractivity contribution in [3.05, 3.63) is 59.7 Å². The van der Waals surface area contributed by atoms with Crippen LogP contribution in [-0.2, 0) is 11.2 Å². The Morgan fingerprint density at radius 3 is 2.77 bits per heavy atom. The topological polar surface area (TPSA) is 81.4 Å². The minimum absolute atomic E-state index is 0.129. The second-order valence-corrected chi connectivity index (χ2v) is 5.25. The molecule has 22 heavy (non-hydrogen) atoms. The summed E-state index contributed by atoms with van der Waals surface area (Å²) < 4.78 is 5.62. The minimum atomic E-state index is -0.522. The van der Waals surface area contributed by atoms with Gasteiger partial charge in [-0.25, -0.2) is 0 Å². The summed E-state index contributed by atoms with van der Waals surface area (Å²) in [5.74, 6) is -0.0726. The molecule has 2 amide bonds. The number of carbonyl (C=O) groups is 2. The number of rotatable bonds is 3. The molecule has 3 rings (SSSR count). The number of carbonyl (C=O) groups excluding carboxylic acids is 2. The molecule has 0 aliphatic carbocycles. The molecule has 1 heterocycles. The van der Waals surface area contributed by atoms with Crippen molar-refractivity contribution in [1.29, 1.82) is 0 Å². The van der Waals surface area contributed by atoms with Crippen LogP contribution < -0.4 is 15.8 Å². The van der Waals surface area contributed by atoms with Gasteiger partial charge in [0, 0.05) is 11.3 Å². The number of anilines is 1. The van der Waals surface area contributed by atoms with Gasteiger partial charge in [-0.15, -0.1) is 0 Å². The van der Waals surface area contributed by atoms with E-state index in [-0.39, 0.29) is 11.8 Å². The Morgan fingerprint density at radius 2 is 1.95 bits per heavy atom. The van der Waals surface area contributed by atoms with Crippen molar-refractivity contribution < 1.29 is 14.3 Å². The third-order valence-corrected chi connectivity index (χ3v) is 3.66. The van der Waals surface area contributed by atoms with Crippen molar-refractivity contribution in [3.63, 3.8) is 0 Å². The van der Waals surface area contributed by atoms with Crippen LogP contribution in [0.2, 0.25) is 0 Å². The summed E-state index contributed by atoms with van der Waals surface area (Å²) in [6.07, 6.45) is 0.636. The van der Waals surface area contributed by atoms with Crippen LogP contribution in [0.25, 0.3) is 0 Å². The maximum atomic E-state index is 12.4. The SMILES string of the molecule is NC(=O)c1cccc(NC(=O)[C@H]2COc3ccccc3C2)c1. The van der Waals surface area contributed by atoms with Crippen molar-refractivity contribution in [2.75, 3.05) is 11.9 Å². The van der Waals surface area contributed by atoms with E-state index in [1.807, 2.05) is 24.3 Å². The summed E-state index contributed by atoms with van der Waals surface area (Å²) >= 11 is 0. The first-order chi connectivity index (χ1) is 10.6. The minimum Gasteiger partial charge on any atom is -0.492 e. The Morgan fingerprint density at radius 1 is 1.14 bits per heavy atom. The van der Waals surface area contributed by atoms with Gasteiger partial charge >= 0.3 is 0 Å². The standard InChI is InChI=1S/C17H16N2O3/c18-16(20)12-5-3-6-14(9-12)19-17(21)13-8-11-4-1-2-7-15(11)22-10-13/h1-7,9,13H,8,10H2,(H2,18,20)(H,19,21)/t13-/m1/s1. The van der Waals surface area contributed by atoms with E-state index in [1.54, 1.807) is 24.3 Å². The number of fused-ring (bicyclic) bond motifs is 1. The van der Waals surface area contributed by atoms with Gasteiger partial charge in [-0.05, 0) is 36.2 Å². The predicted molar refractivity (Wildman–Crippen MR) is 82.7 cm³/mol. The first kappa shape index (κ1) is 14.1. The first-order valence-electron chi connectivity index (χ1n) is 7.05. The lowest BCUT2D eigenvalue weighted by molar-refractivity contribution is -0.121. The lowest BCUT2D eigenvalue weighted by Crippen LogP contribution is -2.32. The Balaban J connectivity index is 1.71. The molecule has 0 radical (unpaired) electrons. The summed E-state index contributed by atoms with van der Waals surface area (Å²) in [5, 5.41) is 2.81. The van der Waals surface area contributed by atoms with Gasteiger partial charge in [-0.2, -0.15) is 0 Å². The Hall–Kier alpha value is -2.82. The zero-order valence-electron chi connectivity index (χ0n) is 11.9. The van der Waals surface area contributed by atoms with Crippen LogP contribution in [0.1, 0.15) is 15.9 Å². The molecule has 0 saturated carbocycles. The van der Waals surface area contributed by atoms with Crippen LogP contribution in [0, 0.1) is 5.92 Å². The van der Waals surface area contributed by atoms with E-state index in [0.29, 0.717) is 24.3 Å². The molecular formula is C17H16N2O3. The van der Waals surface area contributed by atoms with Gasteiger partial charge in [-0.3, -0.25) is 9.59 Å². The first-order valence-corrected chi connectivity index (χ1v) is 7.05. The second-order valence-electron chi connectivity index (χ2n) is 5.25. The maximum Gasteiger partial charge on any atom is 0.248 e. The van der Waals surface area contributed by atoms with Crippen LogP contribution in [0.3, 0.4) is 0 Å². The normalized spacial score (nSPS) is 16.3. The van der Waals surface area contributed by atoms with E-state index in [1.165, 1.54) is 0 Å². The highest BCUT2D eigenvalue weighted by Crippen LogP contribution is 2.27. The van der Waals surface area contributed by atoms with Crippen LogP contribution in [0.4, 0.5) is 5.69 Å². The van der Waals surface area contributed by atoms with Gasteiger partial charge in [0.25, 0.3) is 0 Å². The number of hydrogen-bond donors (Lipinski definition) is 2. The fraction of sp³-hybridized carbons (Fsp3) is 0.176. The van der Waals surface area contributed by atoms with Crippen molar-refractivity contribution in [3.8, 4) is 5.75 Å². The number of primary amides is 1. The number of benzene rings is 2. The highest BCUT2D eigenvalue weighted by Gasteiger charge is 2.25. The molecule has 5 nitrogen and oxygen atoms in total. The van der Waals surface area contributed by atoms with Crippen molar-refractivity contribution in [2.45, 2.75) is 6.42 Å². The maximum absolute atomic E-state index is 12.4. The van der Waals surface area contributed by atoms with E-state index in [4.69, 9.17) is 10.5 Å². The molecule has 0 fully saturated rings. The summed E-state index contributed by atoms with van der Waals surface area (Å²) in [6, 6.07) is 14.3. The summed E-state index contributed by atoms with van der Waals surface area (Å²) in [6.45, 7) is 0.346. The summed E-state index contributed by atoms with van der Waals surface area (Å²) in [7, 11) is 0. The second kappa shape index (κ2) is 5.89. The fourth-order valence-corrected chi connectivity index (χ4v) is 2.49. The Bertz CT molecular complexity index is 727. The molecule has 0 aromatic heterocycles. The van der Waals surface area contributed by atoms with Crippen molar-refractivity contribution in [2.24, 2.45) is 11.7 Å².